The van der Waals surface area contributed by atoms with Crippen molar-refractivity contribution in [3.05, 3.63) is 65.5 Å². The van der Waals surface area contributed by atoms with Crippen molar-refractivity contribution in [2.75, 3.05) is 25.1 Å². The minimum Gasteiger partial charge on any atom is -0.379 e. The first-order valence-electron chi connectivity index (χ1n) is 8.88. The van der Waals surface area contributed by atoms with E-state index in [0.29, 0.717) is 32.8 Å². The monoisotopic (exact) mass is 359 g/mol. The van der Waals surface area contributed by atoms with Gasteiger partial charge in [-0.05, 0) is 48.2 Å². The van der Waals surface area contributed by atoms with Gasteiger partial charge in [-0.1, -0.05) is 31.2 Å². The molecule has 5 heteroatoms. The topological polar surface area (TPSA) is 47.6 Å². The van der Waals surface area contributed by atoms with Gasteiger partial charge in [0, 0.05) is 18.7 Å². The van der Waals surface area contributed by atoms with Gasteiger partial charge in [0.25, 0.3) is 0 Å². The lowest BCUT2D eigenvalue weighted by Crippen LogP contribution is -2.14. The fraction of sp³-hybridized carbons (Fsp3) is 0.381. The van der Waals surface area contributed by atoms with Gasteiger partial charge in [0.1, 0.15) is 5.82 Å². The molecule has 0 fully saturated rings. The number of carbonyl (C=O) groups is 1. The summed E-state index contributed by atoms with van der Waals surface area (Å²) < 4.78 is 23.8. The molecular weight excluding hydrogens is 333 g/mol. The first-order valence-corrected chi connectivity index (χ1v) is 8.88. The van der Waals surface area contributed by atoms with Crippen LogP contribution < -0.4 is 5.32 Å². The average Bonchev–Trinajstić information content (AvgIpc) is 2.62. The maximum Gasteiger partial charge on any atom is 0.224 e. The Morgan fingerprint density at radius 2 is 1.85 bits per heavy atom. The molecule has 0 bridgehead atoms. The molecule has 1 N–H and O–H groups in total. The number of halogens is 1. The van der Waals surface area contributed by atoms with Gasteiger partial charge in [-0.3, -0.25) is 4.79 Å². The standard InChI is InChI=1S/C21H26FNO3/c1-3-25-11-12-26-15-17-5-4-6-20(14-17)23-21(24)13-16(2)18-7-9-19(22)10-8-18/h4-10,14,16H,3,11-13,15H2,1-2H3,(H,23,24). The second-order valence-electron chi connectivity index (χ2n) is 6.15. The number of hydrogen-bond acceptors (Lipinski definition) is 3. The van der Waals surface area contributed by atoms with E-state index in [2.05, 4.69) is 5.32 Å². The molecule has 0 aliphatic heterocycles. The highest BCUT2D eigenvalue weighted by Crippen LogP contribution is 2.20. The molecule has 140 valence electrons. The fourth-order valence-corrected chi connectivity index (χ4v) is 2.59. The molecule has 26 heavy (non-hydrogen) atoms. The lowest BCUT2D eigenvalue weighted by Gasteiger charge is -2.13. The Bertz CT molecular complexity index is 688. The van der Waals surface area contributed by atoms with Gasteiger partial charge < -0.3 is 14.8 Å². The summed E-state index contributed by atoms with van der Waals surface area (Å²) in [6, 6.07) is 13.9. The van der Waals surface area contributed by atoms with Crippen LogP contribution >= 0.6 is 0 Å². The number of anilines is 1. The molecule has 0 radical (unpaired) electrons. The highest BCUT2D eigenvalue weighted by Gasteiger charge is 2.12. The first kappa shape index (κ1) is 20.1. The number of hydrogen-bond donors (Lipinski definition) is 1. The van der Waals surface area contributed by atoms with Crippen molar-refractivity contribution in [2.24, 2.45) is 0 Å². The Morgan fingerprint density at radius 3 is 2.58 bits per heavy atom. The van der Waals surface area contributed by atoms with Crippen molar-refractivity contribution in [1.29, 1.82) is 0 Å². The largest absolute Gasteiger partial charge is 0.379 e. The zero-order chi connectivity index (χ0) is 18.8. The Labute approximate surface area is 154 Å². The number of nitrogens with one attached hydrogen (secondary N) is 1. The summed E-state index contributed by atoms with van der Waals surface area (Å²) in [5, 5.41) is 2.91. The van der Waals surface area contributed by atoms with E-state index in [1.807, 2.05) is 38.1 Å². The number of rotatable bonds is 10. The van der Waals surface area contributed by atoms with Crippen LogP contribution in [-0.2, 0) is 20.9 Å². The van der Waals surface area contributed by atoms with Gasteiger partial charge in [0.2, 0.25) is 5.91 Å². The predicted molar refractivity (Wildman–Crippen MR) is 101 cm³/mol. The van der Waals surface area contributed by atoms with Gasteiger partial charge in [-0.2, -0.15) is 0 Å². The smallest absolute Gasteiger partial charge is 0.224 e. The summed E-state index contributed by atoms with van der Waals surface area (Å²) in [5.41, 5.74) is 2.68. The van der Waals surface area contributed by atoms with Crippen LogP contribution in [0.15, 0.2) is 48.5 Å². The molecule has 1 atom stereocenters. The van der Waals surface area contributed by atoms with Crippen LogP contribution in [0.4, 0.5) is 10.1 Å². The molecule has 2 rings (SSSR count). The molecule has 0 aliphatic carbocycles. The maximum absolute atomic E-state index is 13.0. The van der Waals surface area contributed by atoms with Crippen molar-refractivity contribution < 1.29 is 18.7 Å². The predicted octanol–water partition coefficient (Wildman–Crippen LogP) is 4.51. The number of ether oxygens (including phenoxy) is 2. The SMILES string of the molecule is CCOCCOCc1cccc(NC(=O)CC(C)c2ccc(F)cc2)c1. The molecule has 1 amide bonds. The minimum atomic E-state index is -0.273. The molecule has 0 saturated carbocycles. The van der Waals surface area contributed by atoms with E-state index in [4.69, 9.17) is 9.47 Å². The Morgan fingerprint density at radius 1 is 1.12 bits per heavy atom. The van der Waals surface area contributed by atoms with Crippen molar-refractivity contribution in [3.63, 3.8) is 0 Å². The molecule has 0 aliphatic rings. The van der Waals surface area contributed by atoms with Crippen LogP contribution in [0.25, 0.3) is 0 Å². The lowest BCUT2D eigenvalue weighted by molar-refractivity contribution is -0.116. The molecule has 0 heterocycles. The molecule has 0 aromatic heterocycles. The second kappa shape index (κ2) is 10.7. The summed E-state index contributed by atoms with van der Waals surface area (Å²) in [4.78, 5) is 12.3. The quantitative estimate of drug-likeness (QED) is 0.635. The van der Waals surface area contributed by atoms with Gasteiger partial charge in [0.05, 0.1) is 19.8 Å². The third-order valence-electron chi connectivity index (χ3n) is 3.99. The zero-order valence-corrected chi connectivity index (χ0v) is 15.3. The first-order chi connectivity index (χ1) is 12.6. The summed E-state index contributed by atoms with van der Waals surface area (Å²) in [7, 11) is 0. The summed E-state index contributed by atoms with van der Waals surface area (Å²) in [5.74, 6) is -0.331. The van der Waals surface area contributed by atoms with Crippen molar-refractivity contribution in [3.8, 4) is 0 Å². The molecule has 4 nitrogen and oxygen atoms in total. The minimum absolute atomic E-state index is 0.0145. The van der Waals surface area contributed by atoms with E-state index in [1.165, 1.54) is 12.1 Å². The van der Waals surface area contributed by atoms with Crippen molar-refractivity contribution >= 4 is 11.6 Å². The fourth-order valence-electron chi connectivity index (χ4n) is 2.59. The van der Waals surface area contributed by atoms with Crippen LogP contribution in [0.2, 0.25) is 0 Å². The average molecular weight is 359 g/mol. The molecule has 0 saturated heterocycles. The van der Waals surface area contributed by atoms with E-state index in [-0.39, 0.29) is 17.6 Å². The summed E-state index contributed by atoms with van der Waals surface area (Å²) in [6.07, 6.45) is 0.334. The Kier molecular flexibility index (Phi) is 8.25. The maximum atomic E-state index is 13.0. The lowest BCUT2D eigenvalue weighted by atomic mass is 9.97. The van der Waals surface area contributed by atoms with Gasteiger partial charge in [-0.15, -0.1) is 0 Å². The van der Waals surface area contributed by atoms with E-state index in [9.17, 15) is 9.18 Å². The zero-order valence-electron chi connectivity index (χ0n) is 15.3. The number of benzene rings is 2. The van der Waals surface area contributed by atoms with Crippen molar-refractivity contribution in [2.45, 2.75) is 32.8 Å². The van der Waals surface area contributed by atoms with Gasteiger partial charge in [0.15, 0.2) is 0 Å². The Balaban J connectivity index is 1.82. The highest BCUT2D eigenvalue weighted by atomic mass is 19.1. The van der Waals surface area contributed by atoms with E-state index >= 15 is 0 Å². The van der Waals surface area contributed by atoms with Crippen LogP contribution in [-0.4, -0.2) is 25.7 Å². The molecular formula is C21H26FNO3. The third-order valence-corrected chi connectivity index (χ3v) is 3.99. The molecule has 0 spiro atoms. The van der Waals surface area contributed by atoms with Crippen molar-refractivity contribution in [1.82, 2.24) is 0 Å². The normalized spacial score (nSPS) is 12.0. The van der Waals surface area contributed by atoms with Gasteiger partial charge >= 0.3 is 0 Å². The van der Waals surface area contributed by atoms with Crippen LogP contribution in [0.1, 0.15) is 37.3 Å². The van der Waals surface area contributed by atoms with E-state index < -0.39 is 0 Å². The van der Waals surface area contributed by atoms with Crippen LogP contribution in [0.3, 0.4) is 0 Å². The van der Waals surface area contributed by atoms with Gasteiger partial charge in [-0.25, -0.2) is 4.39 Å². The molecule has 1 unspecified atom stereocenters. The second-order valence-corrected chi connectivity index (χ2v) is 6.15. The summed E-state index contributed by atoms with van der Waals surface area (Å²) >= 11 is 0. The van der Waals surface area contributed by atoms with E-state index in [0.717, 1.165) is 16.8 Å². The highest BCUT2D eigenvalue weighted by molar-refractivity contribution is 5.91. The van der Waals surface area contributed by atoms with Crippen LogP contribution in [0.5, 0.6) is 0 Å². The Hall–Kier alpha value is -2.24. The number of carbonyl (C=O) groups excluding carboxylic acids is 1. The van der Waals surface area contributed by atoms with Crippen LogP contribution in [0, 0.1) is 5.82 Å². The number of amides is 1. The summed E-state index contributed by atoms with van der Waals surface area (Å²) in [6.45, 7) is 6.18. The van der Waals surface area contributed by atoms with E-state index in [1.54, 1.807) is 12.1 Å². The molecule has 2 aromatic rings. The molecule has 2 aromatic carbocycles. The third kappa shape index (κ3) is 6.94.